The molecule has 0 aliphatic carbocycles. The average Bonchev–Trinajstić information content (AvgIpc) is 3.36. The van der Waals surface area contributed by atoms with Gasteiger partial charge in [0, 0.05) is 49.2 Å². The van der Waals surface area contributed by atoms with Gasteiger partial charge in [0.2, 0.25) is 0 Å². The Labute approximate surface area is 179 Å². The molecule has 1 aliphatic rings. The second-order valence-electron chi connectivity index (χ2n) is 8.10. The zero-order valence-corrected chi connectivity index (χ0v) is 18.0. The number of aliphatic imine (C=N–C) groups is 1. The molecular formula is C25H32N4O. The van der Waals surface area contributed by atoms with E-state index in [1.54, 1.807) is 0 Å². The van der Waals surface area contributed by atoms with Gasteiger partial charge in [-0.1, -0.05) is 48.5 Å². The van der Waals surface area contributed by atoms with Crippen LogP contribution in [-0.2, 0) is 17.8 Å². The maximum atomic E-state index is 5.96. The van der Waals surface area contributed by atoms with Gasteiger partial charge in [0.1, 0.15) is 0 Å². The maximum absolute atomic E-state index is 5.96. The number of aromatic nitrogens is 1. The first-order valence-electron chi connectivity index (χ1n) is 10.9. The molecule has 1 atom stereocenters. The first-order chi connectivity index (χ1) is 14.7. The third-order valence-electron chi connectivity index (χ3n) is 5.95. The number of rotatable bonds is 7. The molecule has 0 saturated carbocycles. The number of nitrogens with zero attached hydrogens (tertiary/aromatic N) is 2. The third-order valence-corrected chi connectivity index (χ3v) is 5.95. The lowest BCUT2D eigenvalue weighted by atomic mass is 10.1. The fourth-order valence-corrected chi connectivity index (χ4v) is 4.37. The molecule has 158 valence electrons. The normalized spacial score (nSPS) is 17.1. The molecule has 1 saturated heterocycles. The monoisotopic (exact) mass is 404 g/mol. The molecule has 1 fully saturated rings. The molecule has 0 bridgehead atoms. The summed E-state index contributed by atoms with van der Waals surface area (Å²) in [5.74, 6) is 1.56. The highest BCUT2D eigenvalue weighted by molar-refractivity contribution is 5.85. The Balaban J connectivity index is 1.24. The Morgan fingerprint density at radius 1 is 1.17 bits per heavy atom. The molecule has 5 heteroatoms. The van der Waals surface area contributed by atoms with E-state index in [4.69, 9.17) is 4.74 Å². The highest BCUT2D eigenvalue weighted by Gasteiger charge is 2.25. The van der Waals surface area contributed by atoms with Crippen LogP contribution >= 0.6 is 0 Å². The van der Waals surface area contributed by atoms with E-state index in [2.05, 4.69) is 75.6 Å². The van der Waals surface area contributed by atoms with Crippen molar-refractivity contribution in [3.05, 3.63) is 71.4 Å². The predicted molar refractivity (Wildman–Crippen MR) is 124 cm³/mol. The van der Waals surface area contributed by atoms with Gasteiger partial charge in [-0.25, -0.2) is 0 Å². The quantitative estimate of drug-likeness (QED) is 0.460. The minimum atomic E-state index is 0.558. The van der Waals surface area contributed by atoms with Crippen LogP contribution in [0.4, 0.5) is 0 Å². The molecule has 0 amide bonds. The fourth-order valence-electron chi connectivity index (χ4n) is 4.37. The van der Waals surface area contributed by atoms with Crippen LogP contribution < -0.4 is 5.32 Å². The van der Waals surface area contributed by atoms with Crippen LogP contribution in [0.1, 0.15) is 23.2 Å². The van der Waals surface area contributed by atoms with Crippen LogP contribution in [0.5, 0.6) is 0 Å². The number of para-hydroxylation sites is 1. The number of hydrogen-bond acceptors (Lipinski definition) is 2. The lowest BCUT2D eigenvalue weighted by molar-refractivity contribution is 0.0907. The molecule has 5 nitrogen and oxygen atoms in total. The number of guanidine groups is 1. The average molecular weight is 405 g/mol. The van der Waals surface area contributed by atoms with Crippen molar-refractivity contribution in [3.63, 3.8) is 0 Å². The topological polar surface area (TPSA) is 52.7 Å². The van der Waals surface area contributed by atoms with Gasteiger partial charge in [-0.2, -0.15) is 0 Å². The van der Waals surface area contributed by atoms with Crippen LogP contribution in [0.15, 0.2) is 59.6 Å². The summed E-state index contributed by atoms with van der Waals surface area (Å²) < 4.78 is 5.96. The van der Waals surface area contributed by atoms with Crippen LogP contribution in [-0.4, -0.2) is 49.1 Å². The van der Waals surface area contributed by atoms with E-state index in [1.807, 2.05) is 13.1 Å². The summed E-state index contributed by atoms with van der Waals surface area (Å²) >= 11 is 0. The number of ether oxygens (including phenoxy) is 1. The number of aryl methyl sites for hydroxylation is 1. The van der Waals surface area contributed by atoms with Crippen molar-refractivity contribution in [2.75, 3.05) is 33.3 Å². The molecule has 4 rings (SSSR count). The van der Waals surface area contributed by atoms with Gasteiger partial charge in [0.25, 0.3) is 0 Å². The van der Waals surface area contributed by atoms with Crippen molar-refractivity contribution in [3.8, 4) is 0 Å². The highest BCUT2D eigenvalue weighted by Crippen LogP contribution is 2.22. The fraction of sp³-hybridized carbons (Fsp3) is 0.400. The van der Waals surface area contributed by atoms with Gasteiger partial charge in [0.05, 0.1) is 13.2 Å². The largest absolute Gasteiger partial charge is 0.376 e. The minimum Gasteiger partial charge on any atom is -0.376 e. The summed E-state index contributed by atoms with van der Waals surface area (Å²) in [5, 5.41) is 4.89. The molecule has 0 radical (unpaired) electrons. The summed E-state index contributed by atoms with van der Waals surface area (Å²) in [6.07, 6.45) is 2.13. The summed E-state index contributed by atoms with van der Waals surface area (Å²) in [5.41, 5.74) is 5.09. The summed E-state index contributed by atoms with van der Waals surface area (Å²) in [4.78, 5) is 10.4. The van der Waals surface area contributed by atoms with Crippen molar-refractivity contribution < 1.29 is 4.74 Å². The zero-order valence-electron chi connectivity index (χ0n) is 18.0. The van der Waals surface area contributed by atoms with Crippen molar-refractivity contribution in [2.24, 2.45) is 10.9 Å². The zero-order chi connectivity index (χ0) is 20.8. The number of hydrogen-bond donors (Lipinski definition) is 2. The Kier molecular flexibility index (Phi) is 6.70. The number of H-pyrrole nitrogens is 1. The van der Waals surface area contributed by atoms with E-state index in [1.165, 1.54) is 27.7 Å². The molecule has 3 aromatic rings. The lowest BCUT2D eigenvalue weighted by Crippen LogP contribution is -2.41. The first kappa shape index (κ1) is 20.5. The van der Waals surface area contributed by atoms with Crippen molar-refractivity contribution in [1.29, 1.82) is 0 Å². The van der Waals surface area contributed by atoms with Crippen molar-refractivity contribution in [2.45, 2.75) is 26.4 Å². The summed E-state index contributed by atoms with van der Waals surface area (Å²) in [6.45, 7) is 6.56. The van der Waals surface area contributed by atoms with Gasteiger partial charge >= 0.3 is 0 Å². The molecule has 0 spiro atoms. The van der Waals surface area contributed by atoms with Crippen molar-refractivity contribution in [1.82, 2.24) is 15.2 Å². The standard InChI is InChI=1S/C25H32N4O/c1-19-22(23-10-6-7-11-24(23)28-19)12-14-27-25(26-2)29-15-13-21(16-29)18-30-17-20-8-4-3-5-9-20/h3-11,21,28H,12-18H2,1-2H3,(H,26,27). The molecule has 2 aromatic carbocycles. The number of aromatic amines is 1. The maximum Gasteiger partial charge on any atom is 0.193 e. The number of fused-ring (bicyclic) bond motifs is 1. The number of nitrogens with one attached hydrogen (secondary N) is 2. The van der Waals surface area contributed by atoms with E-state index < -0.39 is 0 Å². The van der Waals surface area contributed by atoms with Gasteiger partial charge in [-0.15, -0.1) is 0 Å². The Morgan fingerprint density at radius 3 is 2.80 bits per heavy atom. The van der Waals surface area contributed by atoms with Crippen LogP contribution in [0, 0.1) is 12.8 Å². The summed E-state index contributed by atoms with van der Waals surface area (Å²) in [6, 6.07) is 18.9. The Hall–Kier alpha value is -2.79. The predicted octanol–water partition coefficient (Wildman–Crippen LogP) is 4.13. The van der Waals surface area contributed by atoms with E-state index in [0.29, 0.717) is 12.5 Å². The van der Waals surface area contributed by atoms with Gasteiger partial charge in [-0.3, -0.25) is 4.99 Å². The number of benzene rings is 2. The molecule has 2 N–H and O–H groups in total. The molecule has 30 heavy (non-hydrogen) atoms. The van der Waals surface area contributed by atoms with E-state index in [0.717, 1.165) is 45.0 Å². The van der Waals surface area contributed by atoms with E-state index >= 15 is 0 Å². The summed E-state index contributed by atoms with van der Waals surface area (Å²) in [7, 11) is 1.87. The Morgan fingerprint density at radius 2 is 1.97 bits per heavy atom. The smallest absolute Gasteiger partial charge is 0.193 e. The second-order valence-corrected chi connectivity index (χ2v) is 8.10. The minimum absolute atomic E-state index is 0.558. The molecule has 1 aliphatic heterocycles. The van der Waals surface area contributed by atoms with Crippen molar-refractivity contribution >= 4 is 16.9 Å². The van der Waals surface area contributed by atoms with Crippen LogP contribution in [0.2, 0.25) is 0 Å². The first-order valence-corrected chi connectivity index (χ1v) is 10.9. The molecular weight excluding hydrogens is 372 g/mol. The Bertz CT molecular complexity index is 979. The molecule has 1 aromatic heterocycles. The van der Waals surface area contributed by atoms with Gasteiger partial charge in [0.15, 0.2) is 5.96 Å². The number of likely N-dealkylation sites (tertiary alicyclic amines) is 1. The SMILES string of the molecule is CN=C(NCCc1c(C)[nH]c2ccccc12)N1CCC(COCc2ccccc2)C1. The third kappa shape index (κ3) is 4.85. The molecule has 1 unspecified atom stereocenters. The van der Waals surface area contributed by atoms with E-state index in [9.17, 15) is 0 Å². The van der Waals surface area contributed by atoms with Gasteiger partial charge < -0.3 is 19.9 Å². The lowest BCUT2D eigenvalue weighted by Gasteiger charge is -2.22. The van der Waals surface area contributed by atoms with Gasteiger partial charge in [-0.05, 0) is 37.0 Å². The van der Waals surface area contributed by atoms with Crippen LogP contribution in [0.25, 0.3) is 10.9 Å². The second kappa shape index (κ2) is 9.81. The molecule has 2 heterocycles. The van der Waals surface area contributed by atoms with Crippen LogP contribution in [0.3, 0.4) is 0 Å². The van der Waals surface area contributed by atoms with E-state index in [-0.39, 0.29) is 0 Å². The highest BCUT2D eigenvalue weighted by atomic mass is 16.5.